The van der Waals surface area contributed by atoms with Gasteiger partial charge in [0.25, 0.3) is 0 Å². The van der Waals surface area contributed by atoms with Crippen LogP contribution < -0.4 is 0 Å². The molecule has 0 fully saturated rings. The third-order valence-electron chi connectivity index (χ3n) is 2.40. The summed E-state index contributed by atoms with van der Waals surface area (Å²) >= 11 is 0. The molecule has 0 aromatic carbocycles. The van der Waals surface area contributed by atoms with Gasteiger partial charge in [0.05, 0.1) is 0 Å². The van der Waals surface area contributed by atoms with Crippen LogP contribution in [0.5, 0.6) is 0 Å². The smallest absolute Gasteiger partial charge is 0.478 e. The van der Waals surface area contributed by atoms with Gasteiger partial charge in [-0.3, -0.25) is 0 Å². The first kappa shape index (κ1) is 17.3. The zero-order valence-electron chi connectivity index (χ0n) is 11.6. The molecule has 0 saturated carbocycles. The Bertz CT molecular complexity index is 250. The van der Waals surface area contributed by atoms with Gasteiger partial charge < -0.3 is 18.4 Å². The van der Waals surface area contributed by atoms with Crippen molar-refractivity contribution in [2.45, 2.75) is 39.7 Å². The van der Waals surface area contributed by atoms with E-state index in [4.69, 9.17) is 18.4 Å². The first-order valence-electron chi connectivity index (χ1n) is 6.39. The van der Waals surface area contributed by atoms with Crippen molar-refractivity contribution < 1.29 is 23.2 Å². The average Bonchev–Trinajstić information content (AvgIpc) is 2.30. The lowest BCUT2D eigenvalue weighted by molar-refractivity contribution is -0.131. The molecule has 0 heterocycles. The summed E-state index contributed by atoms with van der Waals surface area (Å²) in [5.74, 6) is -0.971. The molecular weight excluding hydrogens is 252 g/mol. The molecule has 1 unspecified atom stereocenters. The Morgan fingerprint density at radius 2 is 1.56 bits per heavy atom. The second-order valence-electron chi connectivity index (χ2n) is 3.61. The maximum atomic E-state index is 10.6. The quantitative estimate of drug-likeness (QED) is 0.490. The van der Waals surface area contributed by atoms with Gasteiger partial charge in [0, 0.05) is 31.4 Å². The van der Waals surface area contributed by atoms with E-state index in [0.29, 0.717) is 19.8 Å². The third kappa shape index (κ3) is 5.30. The number of aliphatic carboxylic acids is 1. The van der Waals surface area contributed by atoms with Crippen LogP contribution in [-0.4, -0.2) is 39.7 Å². The number of allylic oxidation sites excluding steroid dienone is 1. The molecule has 0 amide bonds. The molecule has 18 heavy (non-hydrogen) atoms. The maximum absolute atomic E-state index is 10.6. The topological polar surface area (TPSA) is 65.0 Å². The fourth-order valence-electron chi connectivity index (χ4n) is 1.75. The highest BCUT2D eigenvalue weighted by molar-refractivity contribution is 6.63. The van der Waals surface area contributed by atoms with Crippen molar-refractivity contribution in [3.8, 4) is 0 Å². The Hall–Kier alpha value is -0.693. The van der Waals surface area contributed by atoms with Crippen LogP contribution in [0.4, 0.5) is 0 Å². The summed E-state index contributed by atoms with van der Waals surface area (Å²) < 4.78 is 17.2. The molecular formula is C12H24O5Si. The summed E-state index contributed by atoms with van der Waals surface area (Å²) in [5.41, 5.74) is -0.131. The van der Waals surface area contributed by atoms with Crippen LogP contribution >= 0.6 is 0 Å². The first-order valence-corrected chi connectivity index (χ1v) is 8.19. The van der Waals surface area contributed by atoms with Crippen LogP contribution in [0.3, 0.4) is 0 Å². The molecule has 1 atom stereocenters. The summed E-state index contributed by atoms with van der Waals surface area (Å²) in [6.07, 6.45) is 3.47. The van der Waals surface area contributed by atoms with Crippen molar-refractivity contribution in [2.75, 3.05) is 19.8 Å². The van der Waals surface area contributed by atoms with E-state index >= 15 is 0 Å². The standard InChI is InChI=1S/C12H24O5Si/c1-5-11(9-10-12(13)14)18(15-6-2,16-7-3)17-8-4/h9-11H,5-8H2,1-4H3,(H,13,14)/b10-9+. The number of carboxylic acids is 1. The molecule has 6 heteroatoms. The van der Waals surface area contributed by atoms with Crippen LogP contribution in [0, 0.1) is 0 Å². The zero-order valence-corrected chi connectivity index (χ0v) is 12.6. The van der Waals surface area contributed by atoms with E-state index in [2.05, 4.69) is 0 Å². The van der Waals surface area contributed by atoms with Crippen LogP contribution in [0.25, 0.3) is 0 Å². The fourth-order valence-corrected chi connectivity index (χ4v) is 4.68. The molecule has 0 rings (SSSR count). The fraction of sp³-hybridized carbons (Fsp3) is 0.750. The van der Waals surface area contributed by atoms with Crippen LogP contribution in [0.15, 0.2) is 12.2 Å². The van der Waals surface area contributed by atoms with Crippen molar-refractivity contribution >= 4 is 14.8 Å². The number of hydrogen-bond donors (Lipinski definition) is 1. The Morgan fingerprint density at radius 3 is 1.83 bits per heavy atom. The lowest BCUT2D eigenvalue weighted by Gasteiger charge is -2.33. The minimum Gasteiger partial charge on any atom is -0.478 e. The highest BCUT2D eigenvalue weighted by Crippen LogP contribution is 2.30. The summed E-state index contributed by atoms with van der Waals surface area (Å²) in [4.78, 5) is 10.6. The van der Waals surface area contributed by atoms with Crippen LogP contribution in [0.2, 0.25) is 5.54 Å². The van der Waals surface area contributed by atoms with E-state index in [-0.39, 0.29) is 5.54 Å². The molecule has 1 N–H and O–H groups in total. The third-order valence-corrected chi connectivity index (χ3v) is 5.98. The molecule has 0 spiro atoms. The predicted molar refractivity (Wildman–Crippen MR) is 71.4 cm³/mol. The predicted octanol–water partition coefficient (Wildman–Crippen LogP) is 2.46. The molecule has 0 bridgehead atoms. The molecule has 0 radical (unpaired) electrons. The van der Waals surface area contributed by atoms with Gasteiger partial charge >= 0.3 is 14.8 Å². The summed E-state index contributed by atoms with van der Waals surface area (Å²) in [6, 6.07) is 0. The van der Waals surface area contributed by atoms with E-state index in [0.717, 1.165) is 12.5 Å². The van der Waals surface area contributed by atoms with Crippen molar-refractivity contribution in [1.82, 2.24) is 0 Å². The van der Waals surface area contributed by atoms with Crippen molar-refractivity contribution in [3.05, 3.63) is 12.2 Å². The summed E-state index contributed by atoms with van der Waals surface area (Å²) in [5, 5.41) is 8.72. The van der Waals surface area contributed by atoms with Crippen molar-refractivity contribution in [2.24, 2.45) is 0 Å². The van der Waals surface area contributed by atoms with Gasteiger partial charge in [-0.05, 0) is 27.2 Å². The van der Waals surface area contributed by atoms with E-state index in [1.54, 1.807) is 6.08 Å². The highest BCUT2D eigenvalue weighted by Gasteiger charge is 2.47. The van der Waals surface area contributed by atoms with Crippen molar-refractivity contribution in [3.63, 3.8) is 0 Å². The number of rotatable bonds is 10. The van der Waals surface area contributed by atoms with Gasteiger partial charge in [-0.15, -0.1) is 0 Å². The Kier molecular flexibility index (Phi) is 8.91. The normalized spacial score (nSPS) is 14.0. The van der Waals surface area contributed by atoms with E-state index in [1.165, 1.54) is 0 Å². The number of carboxylic acid groups (broad SMARTS) is 1. The molecule has 0 saturated heterocycles. The Balaban J connectivity index is 5.11. The monoisotopic (exact) mass is 276 g/mol. The van der Waals surface area contributed by atoms with Gasteiger partial charge in [-0.2, -0.15) is 0 Å². The molecule has 5 nitrogen and oxygen atoms in total. The summed E-state index contributed by atoms with van der Waals surface area (Å²) in [6.45, 7) is 9.08. The van der Waals surface area contributed by atoms with Gasteiger partial charge in [0.15, 0.2) is 0 Å². The van der Waals surface area contributed by atoms with Gasteiger partial charge in [-0.25, -0.2) is 4.79 Å². The first-order chi connectivity index (χ1) is 8.56. The molecule has 0 aliphatic carbocycles. The Labute approximate surface area is 110 Å². The van der Waals surface area contributed by atoms with Gasteiger partial charge in [0.2, 0.25) is 0 Å². The average molecular weight is 276 g/mol. The lowest BCUT2D eigenvalue weighted by atomic mass is 10.3. The highest BCUT2D eigenvalue weighted by atomic mass is 28.4. The number of hydrogen-bond acceptors (Lipinski definition) is 4. The zero-order chi connectivity index (χ0) is 14.0. The molecule has 106 valence electrons. The van der Waals surface area contributed by atoms with Gasteiger partial charge in [-0.1, -0.05) is 13.0 Å². The van der Waals surface area contributed by atoms with Crippen molar-refractivity contribution in [1.29, 1.82) is 0 Å². The largest absolute Gasteiger partial charge is 0.508 e. The van der Waals surface area contributed by atoms with E-state index in [1.807, 2.05) is 27.7 Å². The molecule has 0 aromatic rings. The minimum atomic E-state index is -2.84. The Morgan fingerprint density at radius 1 is 1.11 bits per heavy atom. The minimum absolute atomic E-state index is 0.131. The molecule has 0 aromatic heterocycles. The van der Waals surface area contributed by atoms with Crippen LogP contribution in [-0.2, 0) is 18.1 Å². The second-order valence-corrected chi connectivity index (χ2v) is 6.43. The number of carbonyl (C=O) groups is 1. The molecule has 0 aliphatic heterocycles. The maximum Gasteiger partial charge on any atom is 0.508 e. The molecule has 0 aliphatic rings. The lowest BCUT2D eigenvalue weighted by Crippen LogP contribution is -2.49. The summed E-state index contributed by atoms with van der Waals surface area (Å²) in [7, 11) is -2.84. The second kappa shape index (κ2) is 9.27. The van der Waals surface area contributed by atoms with Gasteiger partial charge in [0.1, 0.15) is 0 Å². The van der Waals surface area contributed by atoms with Crippen LogP contribution in [0.1, 0.15) is 34.1 Å². The van der Waals surface area contributed by atoms with E-state index < -0.39 is 14.8 Å². The van der Waals surface area contributed by atoms with E-state index in [9.17, 15) is 4.79 Å². The SMILES string of the molecule is CCO[Si](OCC)(OCC)C(/C=C/C(=O)O)CC.